The van der Waals surface area contributed by atoms with Gasteiger partial charge in [0.25, 0.3) is 5.91 Å². The van der Waals surface area contributed by atoms with Gasteiger partial charge in [0.15, 0.2) is 4.80 Å². The van der Waals surface area contributed by atoms with Crippen LogP contribution >= 0.6 is 27.3 Å². The molecule has 2 rings (SSSR count). The second-order valence-electron chi connectivity index (χ2n) is 6.15. The second-order valence-corrected chi connectivity index (χ2v) is 7.98. The molecule has 0 aliphatic carbocycles. The van der Waals surface area contributed by atoms with E-state index in [1.165, 1.54) is 34.4 Å². The Kier molecular flexibility index (Phi) is 4.73. The maximum Gasteiger partial charge on any atom is 0.280 e. The number of benzene rings is 1. The van der Waals surface area contributed by atoms with E-state index < -0.39 is 11.7 Å². The smallest absolute Gasteiger partial charge is 0.280 e. The number of nitrogens with zero attached hydrogens (tertiary/aromatic N) is 2. The van der Waals surface area contributed by atoms with Crippen LogP contribution in [-0.2, 0) is 12.5 Å². The van der Waals surface area contributed by atoms with Crippen molar-refractivity contribution in [2.45, 2.75) is 33.1 Å². The normalized spacial score (nSPS) is 12.8. The summed E-state index contributed by atoms with van der Waals surface area (Å²) in [5.41, 5.74) is 1.30. The molecule has 0 radical (unpaired) electrons. The van der Waals surface area contributed by atoms with Crippen LogP contribution < -0.4 is 4.80 Å². The summed E-state index contributed by atoms with van der Waals surface area (Å²) < 4.78 is 15.8. The van der Waals surface area contributed by atoms with Crippen LogP contribution in [0.15, 0.2) is 27.7 Å². The monoisotopic (exact) mass is 384 g/mol. The number of hydrogen-bond donors (Lipinski definition) is 0. The fourth-order valence-corrected chi connectivity index (χ4v) is 3.72. The summed E-state index contributed by atoms with van der Waals surface area (Å²) in [5.74, 6) is -0.910. The van der Waals surface area contributed by atoms with Crippen LogP contribution in [0.1, 0.15) is 41.7 Å². The van der Waals surface area contributed by atoms with E-state index in [0.29, 0.717) is 9.27 Å². The number of halogens is 2. The van der Waals surface area contributed by atoms with Crippen LogP contribution in [0, 0.1) is 12.7 Å². The first-order chi connectivity index (χ1) is 10.1. The van der Waals surface area contributed by atoms with Gasteiger partial charge >= 0.3 is 0 Å². The van der Waals surface area contributed by atoms with Gasteiger partial charge in [-0.3, -0.25) is 4.79 Å². The predicted octanol–water partition coefficient (Wildman–Crippen LogP) is 4.34. The van der Waals surface area contributed by atoms with E-state index in [9.17, 15) is 9.18 Å². The molecule has 0 saturated heterocycles. The van der Waals surface area contributed by atoms with Crippen LogP contribution in [0.2, 0.25) is 0 Å². The Bertz CT molecular complexity index is 799. The molecular weight excluding hydrogens is 367 g/mol. The zero-order chi connectivity index (χ0) is 16.7. The van der Waals surface area contributed by atoms with Crippen molar-refractivity contribution in [3.05, 3.63) is 49.4 Å². The Morgan fingerprint density at radius 3 is 2.55 bits per heavy atom. The van der Waals surface area contributed by atoms with Crippen LogP contribution in [0.25, 0.3) is 0 Å². The summed E-state index contributed by atoms with van der Waals surface area (Å²) in [6.45, 7) is 8.39. The van der Waals surface area contributed by atoms with Gasteiger partial charge in [0.2, 0.25) is 0 Å². The minimum Gasteiger partial charge on any atom is -0.324 e. The van der Waals surface area contributed by atoms with E-state index in [2.05, 4.69) is 41.7 Å². The maximum atomic E-state index is 13.3. The zero-order valence-electron chi connectivity index (χ0n) is 13.2. The van der Waals surface area contributed by atoms with Crippen molar-refractivity contribution in [3.8, 4) is 0 Å². The Morgan fingerprint density at radius 2 is 2.00 bits per heavy atom. The molecule has 0 N–H and O–H groups in total. The molecular formula is C16H18BrFN2OS. The quantitative estimate of drug-likeness (QED) is 0.719. The Morgan fingerprint density at radius 1 is 1.36 bits per heavy atom. The molecule has 1 aromatic heterocycles. The van der Waals surface area contributed by atoms with E-state index in [-0.39, 0.29) is 11.0 Å². The number of amides is 1. The third kappa shape index (κ3) is 3.38. The van der Waals surface area contributed by atoms with E-state index in [1.807, 2.05) is 18.5 Å². The molecule has 1 aromatic carbocycles. The largest absolute Gasteiger partial charge is 0.324 e. The molecule has 0 bridgehead atoms. The molecule has 2 aromatic rings. The molecule has 1 amide bonds. The number of aromatic nitrogens is 1. The Labute approximate surface area is 141 Å². The van der Waals surface area contributed by atoms with Crippen molar-refractivity contribution in [1.29, 1.82) is 0 Å². The number of hydrogen-bond acceptors (Lipinski definition) is 2. The van der Waals surface area contributed by atoms with Crippen molar-refractivity contribution in [2.24, 2.45) is 12.0 Å². The highest BCUT2D eigenvalue weighted by Crippen LogP contribution is 2.27. The van der Waals surface area contributed by atoms with E-state index in [0.717, 1.165) is 5.69 Å². The second kappa shape index (κ2) is 6.08. The SMILES string of the molecule is Cc1c(C(C)(C)C)s/c(=N\C(=O)c2cc(F)ccc2Br)n1C. The van der Waals surface area contributed by atoms with Crippen LogP contribution in [-0.4, -0.2) is 10.5 Å². The fraction of sp³-hybridized carbons (Fsp3) is 0.375. The lowest BCUT2D eigenvalue weighted by molar-refractivity contribution is 0.0996. The maximum absolute atomic E-state index is 13.3. The molecule has 118 valence electrons. The first-order valence-corrected chi connectivity index (χ1v) is 8.43. The lowest BCUT2D eigenvalue weighted by Crippen LogP contribution is -2.15. The van der Waals surface area contributed by atoms with Crippen molar-refractivity contribution in [1.82, 2.24) is 4.57 Å². The van der Waals surface area contributed by atoms with Gasteiger partial charge in [0.05, 0.1) is 5.56 Å². The Balaban J connectivity index is 2.54. The van der Waals surface area contributed by atoms with Gasteiger partial charge in [-0.2, -0.15) is 4.99 Å². The topological polar surface area (TPSA) is 34.4 Å². The summed E-state index contributed by atoms with van der Waals surface area (Å²) in [5, 5.41) is 0. The molecule has 3 nitrogen and oxygen atoms in total. The first kappa shape index (κ1) is 17.1. The summed E-state index contributed by atoms with van der Waals surface area (Å²) >= 11 is 4.76. The lowest BCUT2D eigenvalue weighted by Gasteiger charge is -2.17. The zero-order valence-corrected chi connectivity index (χ0v) is 15.6. The molecule has 22 heavy (non-hydrogen) atoms. The lowest BCUT2D eigenvalue weighted by atomic mass is 9.93. The van der Waals surface area contributed by atoms with Crippen LogP contribution in [0.4, 0.5) is 4.39 Å². The van der Waals surface area contributed by atoms with Crippen LogP contribution in [0.5, 0.6) is 0 Å². The van der Waals surface area contributed by atoms with Gasteiger partial charge in [-0.1, -0.05) is 20.8 Å². The van der Waals surface area contributed by atoms with Gasteiger partial charge < -0.3 is 4.57 Å². The summed E-state index contributed by atoms with van der Waals surface area (Å²) in [6, 6.07) is 4.01. The first-order valence-electron chi connectivity index (χ1n) is 6.82. The minimum absolute atomic E-state index is 0.0111. The molecule has 0 unspecified atom stereocenters. The van der Waals surface area contributed by atoms with Crippen molar-refractivity contribution < 1.29 is 9.18 Å². The number of thiazole rings is 1. The average molecular weight is 385 g/mol. The average Bonchev–Trinajstić information content (AvgIpc) is 2.69. The molecule has 0 fully saturated rings. The predicted molar refractivity (Wildman–Crippen MR) is 90.7 cm³/mol. The third-order valence-corrected chi connectivity index (χ3v) is 5.70. The highest BCUT2D eigenvalue weighted by molar-refractivity contribution is 9.10. The van der Waals surface area contributed by atoms with Gasteiger partial charge in [0.1, 0.15) is 5.82 Å². The highest BCUT2D eigenvalue weighted by Gasteiger charge is 2.21. The fourth-order valence-electron chi connectivity index (χ4n) is 2.13. The molecule has 6 heteroatoms. The standard InChI is InChI=1S/C16H18BrFN2OS/c1-9-13(16(2,3)4)22-15(20(9)5)19-14(21)11-8-10(18)6-7-12(11)17/h6-8H,1-5H3/b19-15-. The molecule has 0 atom stereocenters. The van der Waals surface area contributed by atoms with E-state index in [4.69, 9.17) is 0 Å². The summed E-state index contributed by atoms with van der Waals surface area (Å²) in [6.07, 6.45) is 0. The Hall–Kier alpha value is -1.27. The molecule has 0 saturated carbocycles. The van der Waals surface area contributed by atoms with E-state index >= 15 is 0 Å². The molecule has 1 heterocycles. The third-order valence-electron chi connectivity index (χ3n) is 3.35. The molecule has 0 aliphatic heterocycles. The summed E-state index contributed by atoms with van der Waals surface area (Å²) in [7, 11) is 1.88. The number of carbonyl (C=O) groups is 1. The van der Waals surface area contributed by atoms with Crippen molar-refractivity contribution >= 4 is 33.2 Å². The number of carbonyl (C=O) groups excluding carboxylic acids is 1. The summed E-state index contributed by atoms with van der Waals surface area (Å²) in [4.78, 5) is 18.3. The van der Waals surface area contributed by atoms with Gasteiger partial charge in [-0.05, 0) is 46.5 Å². The molecule has 0 aliphatic rings. The van der Waals surface area contributed by atoms with Crippen molar-refractivity contribution in [2.75, 3.05) is 0 Å². The highest BCUT2D eigenvalue weighted by atomic mass is 79.9. The van der Waals surface area contributed by atoms with Crippen molar-refractivity contribution in [3.63, 3.8) is 0 Å². The molecule has 0 spiro atoms. The van der Waals surface area contributed by atoms with Crippen LogP contribution in [0.3, 0.4) is 0 Å². The van der Waals surface area contributed by atoms with Gasteiger partial charge in [-0.25, -0.2) is 4.39 Å². The van der Waals surface area contributed by atoms with Gasteiger partial charge in [-0.15, -0.1) is 11.3 Å². The van der Waals surface area contributed by atoms with E-state index in [1.54, 1.807) is 0 Å². The van der Waals surface area contributed by atoms with Gasteiger partial charge in [0, 0.05) is 22.1 Å². The minimum atomic E-state index is -0.455. The number of rotatable bonds is 1.